The highest BCUT2D eigenvalue weighted by Gasteiger charge is 2.36. The van der Waals surface area contributed by atoms with Crippen molar-refractivity contribution in [1.82, 2.24) is 9.13 Å². The van der Waals surface area contributed by atoms with Gasteiger partial charge in [0.15, 0.2) is 0 Å². The molecule has 0 radical (unpaired) electrons. The highest BCUT2D eigenvalue weighted by atomic mass is 16.5. The molecule has 1 aromatic carbocycles. The normalized spacial score (nSPS) is 16.0. The van der Waals surface area contributed by atoms with Gasteiger partial charge in [-0.1, -0.05) is 12.1 Å². The maximum Gasteiger partial charge on any atom is 0.333 e. The summed E-state index contributed by atoms with van der Waals surface area (Å²) in [6.45, 7) is 0. The van der Waals surface area contributed by atoms with Gasteiger partial charge in [0, 0.05) is 14.1 Å². The zero-order valence-corrected chi connectivity index (χ0v) is 13.9. The van der Waals surface area contributed by atoms with Crippen LogP contribution in [0.1, 0.15) is 17.0 Å². The van der Waals surface area contributed by atoms with Crippen LogP contribution in [-0.2, 0) is 14.1 Å². The molecule has 2 aromatic rings. The van der Waals surface area contributed by atoms with Gasteiger partial charge >= 0.3 is 5.69 Å². The van der Waals surface area contributed by atoms with Crippen molar-refractivity contribution in [2.45, 2.75) is 5.92 Å². The van der Waals surface area contributed by atoms with Crippen LogP contribution in [0.25, 0.3) is 0 Å². The molecular formula is C17H16N4O4. The van der Waals surface area contributed by atoms with Gasteiger partial charge in [-0.3, -0.25) is 13.9 Å². The zero-order valence-electron chi connectivity index (χ0n) is 13.9. The van der Waals surface area contributed by atoms with Crippen LogP contribution >= 0.6 is 0 Å². The minimum absolute atomic E-state index is 0.0393. The second-order valence-corrected chi connectivity index (χ2v) is 5.63. The summed E-state index contributed by atoms with van der Waals surface area (Å²) in [7, 11) is 4.38. The van der Waals surface area contributed by atoms with E-state index in [1.807, 2.05) is 6.07 Å². The van der Waals surface area contributed by atoms with Gasteiger partial charge in [0.05, 0.1) is 18.6 Å². The average Bonchev–Trinajstić information content (AvgIpc) is 2.63. The maximum atomic E-state index is 12.8. The molecule has 128 valence electrons. The fraction of sp³-hybridized carbons (Fsp3) is 0.235. The highest BCUT2D eigenvalue weighted by molar-refractivity contribution is 5.53. The fourth-order valence-electron chi connectivity index (χ4n) is 2.94. The molecule has 0 saturated heterocycles. The summed E-state index contributed by atoms with van der Waals surface area (Å²) in [6, 6.07) is 9.00. The summed E-state index contributed by atoms with van der Waals surface area (Å²) in [4.78, 5) is 24.9. The molecule has 0 amide bonds. The van der Waals surface area contributed by atoms with Gasteiger partial charge in [0.1, 0.15) is 17.4 Å². The fourth-order valence-corrected chi connectivity index (χ4v) is 2.94. The molecule has 0 fully saturated rings. The first kappa shape index (κ1) is 16.4. The van der Waals surface area contributed by atoms with Crippen molar-refractivity contribution in [3.63, 3.8) is 0 Å². The van der Waals surface area contributed by atoms with E-state index in [0.717, 1.165) is 4.57 Å². The molecule has 0 aliphatic carbocycles. The van der Waals surface area contributed by atoms with E-state index in [-0.39, 0.29) is 22.9 Å². The Balaban J connectivity index is 2.40. The molecule has 1 aliphatic rings. The number of nitrogens with zero attached hydrogens (tertiary/aromatic N) is 3. The van der Waals surface area contributed by atoms with Crippen LogP contribution in [0.2, 0.25) is 0 Å². The van der Waals surface area contributed by atoms with Gasteiger partial charge in [-0.25, -0.2) is 4.79 Å². The third-order valence-corrected chi connectivity index (χ3v) is 4.24. The lowest BCUT2D eigenvalue weighted by Gasteiger charge is -2.27. The Hall–Kier alpha value is -3.47. The molecule has 1 aromatic heterocycles. The van der Waals surface area contributed by atoms with Crippen LogP contribution in [0.5, 0.6) is 11.6 Å². The number of rotatable bonds is 2. The first-order valence-corrected chi connectivity index (χ1v) is 7.42. The Morgan fingerprint density at radius 2 is 2.00 bits per heavy atom. The predicted octanol–water partition coefficient (Wildman–Crippen LogP) is 0.311. The van der Waals surface area contributed by atoms with Crippen molar-refractivity contribution >= 4 is 0 Å². The molecular weight excluding hydrogens is 324 g/mol. The van der Waals surface area contributed by atoms with E-state index in [0.29, 0.717) is 11.3 Å². The Morgan fingerprint density at radius 1 is 1.28 bits per heavy atom. The van der Waals surface area contributed by atoms with E-state index in [4.69, 9.17) is 15.2 Å². The van der Waals surface area contributed by atoms with Gasteiger partial charge in [-0.05, 0) is 17.7 Å². The summed E-state index contributed by atoms with van der Waals surface area (Å²) in [5.74, 6) is -0.277. The van der Waals surface area contributed by atoms with Gasteiger partial charge in [0.25, 0.3) is 5.56 Å². The number of ether oxygens (including phenoxy) is 2. The Kier molecular flexibility index (Phi) is 3.85. The molecule has 25 heavy (non-hydrogen) atoms. The van der Waals surface area contributed by atoms with Crippen LogP contribution in [0.3, 0.4) is 0 Å². The second-order valence-electron chi connectivity index (χ2n) is 5.63. The van der Waals surface area contributed by atoms with Crippen LogP contribution in [0, 0.1) is 11.3 Å². The number of hydrogen-bond donors (Lipinski definition) is 1. The quantitative estimate of drug-likeness (QED) is 0.842. The first-order chi connectivity index (χ1) is 11.9. The summed E-state index contributed by atoms with van der Waals surface area (Å²) in [5.41, 5.74) is 5.74. The molecule has 2 N–H and O–H groups in total. The summed E-state index contributed by atoms with van der Waals surface area (Å²) < 4.78 is 12.8. The third-order valence-electron chi connectivity index (χ3n) is 4.24. The number of allylic oxidation sites excluding steroid dienone is 1. The highest BCUT2D eigenvalue weighted by Crippen LogP contribution is 2.40. The van der Waals surface area contributed by atoms with E-state index in [1.165, 1.54) is 25.8 Å². The van der Waals surface area contributed by atoms with Crippen molar-refractivity contribution in [1.29, 1.82) is 5.26 Å². The molecule has 8 heteroatoms. The Labute approximate surface area is 142 Å². The van der Waals surface area contributed by atoms with Gasteiger partial charge in [0.2, 0.25) is 11.8 Å². The lowest BCUT2D eigenvalue weighted by Crippen LogP contribution is -2.42. The monoisotopic (exact) mass is 340 g/mol. The number of nitrogens with two attached hydrogens (primary N) is 1. The maximum absolute atomic E-state index is 12.8. The van der Waals surface area contributed by atoms with E-state index in [1.54, 1.807) is 24.3 Å². The molecule has 2 heterocycles. The molecule has 0 spiro atoms. The van der Waals surface area contributed by atoms with Crippen molar-refractivity contribution in [3.8, 4) is 17.7 Å². The smallest absolute Gasteiger partial charge is 0.333 e. The molecule has 3 rings (SSSR count). The SMILES string of the molecule is COc1cccc(C2C(C#N)=C(N)Oc3c2c(=O)n(C)c(=O)n3C)c1. The number of nitriles is 1. The minimum Gasteiger partial charge on any atom is -0.497 e. The van der Waals surface area contributed by atoms with Crippen molar-refractivity contribution < 1.29 is 9.47 Å². The van der Waals surface area contributed by atoms with E-state index in [9.17, 15) is 14.9 Å². The van der Waals surface area contributed by atoms with Gasteiger partial charge in [-0.2, -0.15) is 5.26 Å². The van der Waals surface area contributed by atoms with Crippen molar-refractivity contribution in [2.24, 2.45) is 19.8 Å². The topological polar surface area (TPSA) is 112 Å². The Bertz CT molecular complexity index is 1060. The summed E-state index contributed by atoms with van der Waals surface area (Å²) in [5, 5.41) is 9.55. The summed E-state index contributed by atoms with van der Waals surface area (Å²) >= 11 is 0. The molecule has 8 nitrogen and oxygen atoms in total. The van der Waals surface area contributed by atoms with E-state index >= 15 is 0 Å². The molecule has 1 atom stereocenters. The first-order valence-electron chi connectivity index (χ1n) is 7.42. The predicted molar refractivity (Wildman–Crippen MR) is 89.2 cm³/mol. The Morgan fingerprint density at radius 3 is 2.64 bits per heavy atom. The van der Waals surface area contributed by atoms with Crippen molar-refractivity contribution in [3.05, 3.63) is 67.7 Å². The van der Waals surface area contributed by atoms with Crippen LogP contribution in [-0.4, -0.2) is 16.2 Å². The largest absolute Gasteiger partial charge is 0.497 e. The van der Waals surface area contributed by atoms with E-state index in [2.05, 4.69) is 0 Å². The number of fused-ring (bicyclic) bond motifs is 1. The standard InChI is InChI=1S/C17H16N4O4/c1-20-15(22)13-12(9-5-4-6-10(7-9)24-3)11(8-18)14(19)25-16(13)21(2)17(20)23/h4-7,12H,19H2,1-3H3. The van der Waals surface area contributed by atoms with E-state index < -0.39 is 17.2 Å². The van der Waals surface area contributed by atoms with Gasteiger partial charge < -0.3 is 15.2 Å². The number of aromatic nitrogens is 2. The minimum atomic E-state index is -0.755. The van der Waals surface area contributed by atoms with Gasteiger partial charge in [-0.15, -0.1) is 0 Å². The van der Waals surface area contributed by atoms with Crippen LogP contribution in [0.15, 0.2) is 45.3 Å². The molecule has 0 saturated carbocycles. The summed E-state index contributed by atoms with van der Waals surface area (Å²) in [6.07, 6.45) is 0. The van der Waals surface area contributed by atoms with Crippen LogP contribution in [0.4, 0.5) is 0 Å². The molecule has 1 aliphatic heterocycles. The lowest BCUT2D eigenvalue weighted by atomic mass is 9.85. The molecule has 1 unspecified atom stereocenters. The second kappa shape index (κ2) is 5.87. The number of hydrogen-bond acceptors (Lipinski definition) is 6. The molecule has 0 bridgehead atoms. The third kappa shape index (κ3) is 2.37. The van der Waals surface area contributed by atoms with Crippen molar-refractivity contribution in [2.75, 3.05) is 7.11 Å². The number of methoxy groups -OCH3 is 1. The average molecular weight is 340 g/mol. The zero-order chi connectivity index (χ0) is 18.3. The number of benzene rings is 1. The van der Waals surface area contributed by atoms with Crippen LogP contribution < -0.4 is 26.5 Å². The lowest BCUT2D eigenvalue weighted by molar-refractivity contribution is 0.348.